The van der Waals surface area contributed by atoms with Crippen molar-refractivity contribution in [1.82, 2.24) is 20.6 Å². The minimum atomic E-state index is -0.524. The molecule has 9 heteroatoms. The monoisotopic (exact) mass is 434 g/mol. The smallest absolute Gasteiger partial charge is 0.319 e. The summed E-state index contributed by atoms with van der Waals surface area (Å²) in [6.07, 6.45) is 3.38. The van der Waals surface area contributed by atoms with Crippen LogP contribution in [-0.4, -0.2) is 42.2 Å². The van der Waals surface area contributed by atoms with Crippen LogP contribution in [0.3, 0.4) is 0 Å². The summed E-state index contributed by atoms with van der Waals surface area (Å²) in [5.74, 6) is -0.524. The zero-order chi connectivity index (χ0) is 22.8. The largest absolute Gasteiger partial charge is 0.383 e. The van der Waals surface area contributed by atoms with Crippen molar-refractivity contribution in [1.29, 1.82) is 0 Å². The number of methoxy groups -OCH3 is 1. The van der Waals surface area contributed by atoms with Gasteiger partial charge in [0.05, 0.1) is 23.6 Å². The molecule has 9 nitrogen and oxygen atoms in total. The zero-order valence-electron chi connectivity index (χ0n) is 17.8. The van der Waals surface area contributed by atoms with Crippen LogP contribution in [0.25, 0.3) is 11.3 Å². The molecule has 0 bridgehead atoms. The van der Waals surface area contributed by atoms with Crippen LogP contribution >= 0.6 is 0 Å². The molecular formula is C23H26N6O3. The van der Waals surface area contributed by atoms with E-state index >= 15 is 0 Å². The van der Waals surface area contributed by atoms with Gasteiger partial charge >= 0.3 is 6.03 Å². The number of ether oxygens (including phenoxy) is 1. The molecule has 0 radical (unpaired) electrons. The molecule has 3 amide bonds. The van der Waals surface area contributed by atoms with Gasteiger partial charge in [-0.25, -0.2) is 4.79 Å². The highest BCUT2D eigenvalue weighted by Gasteiger charge is 2.12. The van der Waals surface area contributed by atoms with Crippen LogP contribution in [0.4, 0.5) is 10.5 Å². The molecule has 1 aromatic carbocycles. The Morgan fingerprint density at radius 1 is 1.06 bits per heavy atom. The summed E-state index contributed by atoms with van der Waals surface area (Å²) in [4.78, 5) is 32.5. The Morgan fingerprint density at radius 2 is 1.88 bits per heavy atom. The Hall–Kier alpha value is -3.82. The first-order chi connectivity index (χ1) is 15.6. The number of rotatable bonds is 10. The van der Waals surface area contributed by atoms with Gasteiger partial charge < -0.3 is 26.4 Å². The average Bonchev–Trinajstić information content (AvgIpc) is 2.81. The number of pyridine rings is 2. The van der Waals surface area contributed by atoms with E-state index in [1.807, 2.05) is 24.3 Å². The lowest BCUT2D eigenvalue weighted by molar-refractivity contribution is 0.0998. The van der Waals surface area contributed by atoms with E-state index in [4.69, 9.17) is 10.5 Å². The summed E-state index contributed by atoms with van der Waals surface area (Å²) in [6.45, 7) is 1.96. The molecule has 3 rings (SSSR count). The third kappa shape index (κ3) is 6.59. The van der Waals surface area contributed by atoms with Crippen molar-refractivity contribution in [2.45, 2.75) is 13.1 Å². The molecule has 2 heterocycles. The van der Waals surface area contributed by atoms with E-state index < -0.39 is 5.91 Å². The van der Waals surface area contributed by atoms with Crippen molar-refractivity contribution in [3.05, 3.63) is 77.7 Å². The summed E-state index contributed by atoms with van der Waals surface area (Å²) in [6, 6.07) is 14.1. The number of hydrogen-bond acceptors (Lipinski definition) is 6. The molecule has 0 unspecified atom stereocenters. The molecular weight excluding hydrogens is 408 g/mol. The normalized spacial score (nSPS) is 10.5. The Labute approximate surface area is 186 Å². The number of hydrogen-bond donors (Lipinski definition) is 4. The number of urea groups is 1. The Kier molecular flexibility index (Phi) is 8.24. The first kappa shape index (κ1) is 22.9. The number of nitrogens with one attached hydrogen (secondary N) is 3. The van der Waals surface area contributed by atoms with E-state index in [2.05, 4.69) is 25.9 Å². The summed E-state index contributed by atoms with van der Waals surface area (Å²) < 4.78 is 5.02. The molecule has 0 fully saturated rings. The van der Waals surface area contributed by atoms with Crippen LogP contribution in [0, 0.1) is 0 Å². The van der Waals surface area contributed by atoms with Crippen molar-refractivity contribution < 1.29 is 14.3 Å². The van der Waals surface area contributed by atoms with Gasteiger partial charge in [0.15, 0.2) is 0 Å². The Morgan fingerprint density at radius 3 is 2.56 bits per heavy atom. The maximum atomic E-state index is 12.1. The molecule has 0 saturated heterocycles. The van der Waals surface area contributed by atoms with Gasteiger partial charge in [0.1, 0.15) is 0 Å². The molecule has 2 aromatic heterocycles. The maximum absolute atomic E-state index is 12.1. The predicted octanol–water partition coefficient (Wildman–Crippen LogP) is 2.30. The third-order valence-electron chi connectivity index (χ3n) is 4.63. The Bertz CT molecular complexity index is 1040. The number of aromatic nitrogens is 2. The predicted molar refractivity (Wildman–Crippen MR) is 122 cm³/mol. The third-order valence-corrected chi connectivity index (χ3v) is 4.63. The van der Waals surface area contributed by atoms with E-state index in [1.54, 1.807) is 43.8 Å². The van der Waals surface area contributed by atoms with Gasteiger partial charge in [-0.05, 0) is 35.9 Å². The molecule has 0 aliphatic heterocycles. The fourth-order valence-electron chi connectivity index (χ4n) is 2.99. The molecule has 5 N–H and O–H groups in total. The molecule has 0 atom stereocenters. The molecule has 0 aliphatic carbocycles. The first-order valence-corrected chi connectivity index (χ1v) is 10.1. The number of nitrogens with two attached hydrogens (primary N) is 1. The second kappa shape index (κ2) is 11.5. The second-order valence-electron chi connectivity index (χ2n) is 6.97. The Balaban J connectivity index is 1.64. The van der Waals surface area contributed by atoms with Crippen LogP contribution in [0.1, 0.15) is 21.6 Å². The van der Waals surface area contributed by atoms with E-state index in [0.717, 1.165) is 11.1 Å². The standard InChI is InChI=1S/C23H26N6O3/c1-32-12-11-26-15-21-19(22(24)30)8-9-20(29-21)17-4-6-18(7-5-17)28-23(31)27-14-16-3-2-10-25-13-16/h2-10,13,26H,11-12,14-15H2,1H3,(H2,24,30)(H2,27,28,31). The van der Waals surface area contributed by atoms with Gasteiger partial charge in [0.2, 0.25) is 0 Å². The summed E-state index contributed by atoms with van der Waals surface area (Å²) in [5.41, 5.74) is 9.54. The number of primary amides is 1. The second-order valence-corrected chi connectivity index (χ2v) is 6.97. The zero-order valence-corrected chi connectivity index (χ0v) is 17.8. The maximum Gasteiger partial charge on any atom is 0.319 e. The number of carbonyl (C=O) groups excluding carboxylic acids is 2. The number of nitrogens with zero attached hydrogens (tertiary/aromatic N) is 2. The van der Waals surface area contributed by atoms with Crippen LogP contribution in [0.15, 0.2) is 60.9 Å². The highest BCUT2D eigenvalue weighted by Crippen LogP contribution is 2.21. The highest BCUT2D eigenvalue weighted by molar-refractivity contribution is 5.94. The van der Waals surface area contributed by atoms with E-state index in [0.29, 0.717) is 48.9 Å². The molecule has 3 aromatic rings. The number of anilines is 1. The van der Waals surface area contributed by atoms with Crippen molar-refractivity contribution in [3.8, 4) is 11.3 Å². The van der Waals surface area contributed by atoms with Gasteiger partial charge in [-0.2, -0.15) is 0 Å². The quantitative estimate of drug-likeness (QED) is 0.362. The van der Waals surface area contributed by atoms with Gasteiger partial charge in [0, 0.05) is 50.4 Å². The molecule has 166 valence electrons. The molecule has 0 saturated carbocycles. The molecule has 32 heavy (non-hydrogen) atoms. The number of carbonyl (C=O) groups is 2. The topological polar surface area (TPSA) is 131 Å². The van der Waals surface area contributed by atoms with Crippen LogP contribution in [0.5, 0.6) is 0 Å². The average molecular weight is 435 g/mol. The summed E-state index contributed by atoms with van der Waals surface area (Å²) in [5, 5.41) is 8.75. The summed E-state index contributed by atoms with van der Waals surface area (Å²) in [7, 11) is 1.62. The van der Waals surface area contributed by atoms with Crippen molar-refractivity contribution in [2.24, 2.45) is 5.73 Å². The van der Waals surface area contributed by atoms with Crippen LogP contribution in [-0.2, 0) is 17.8 Å². The van der Waals surface area contributed by atoms with Gasteiger partial charge in [0.25, 0.3) is 5.91 Å². The van der Waals surface area contributed by atoms with E-state index in [9.17, 15) is 9.59 Å². The lowest BCUT2D eigenvalue weighted by Gasteiger charge is -2.11. The summed E-state index contributed by atoms with van der Waals surface area (Å²) >= 11 is 0. The van der Waals surface area contributed by atoms with Gasteiger partial charge in [-0.1, -0.05) is 18.2 Å². The van der Waals surface area contributed by atoms with Crippen LogP contribution < -0.4 is 21.7 Å². The molecule has 0 spiro atoms. The number of benzene rings is 1. The van der Waals surface area contributed by atoms with Crippen molar-refractivity contribution in [3.63, 3.8) is 0 Å². The fourth-order valence-corrected chi connectivity index (χ4v) is 2.99. The minimum Gasteiger partial charge on any atom is -0.383 e. The SMILES string of the molecule is COCCNCc1nc(-c2ccc(NC(=O)NCc3cccnc3)cc2)ccc1C(N)=O. The fraction of sp³-hybridized carbons (Fsp3) is 0.217. The van der Waals surface area contributed by atoms with Crippen LogP contribution in [0.2, 0.25) is 0 Å². The highest BCUT2D eigenvalue weighted by atomic mass is 16.5. The van der Waals surface area contributed by atoms with Gasteiger partial charge in [-0.15, -0.1) is 0 Å². The van der Waals surface area contributed by atoms with Gasteiger partial charge in [-0.3, -0.25) is 14.8 Å². The van der Waals surface area contributed by atoms with Crippen molar-refractivity contribution in [2.75, 3.05) is 25.6 Å². The van der Waals surface area contributed by atoms with E-state index in [-0.39, 0.29) is 6.03 Å². The molecule has 0 aliphatic rings. The minimum absolute atomic E-state index is 0.310. The van der Waals surface area contributed by atoms with Crippen molar-refractivity contribution >= 4 is 17.6 Å². The van der Waals surface area contributed by atoms with E-state index in [1.165, 1.54) is 0 Å². The first-order valence-electron chi connectivity index (χ1n) is 10.1. The lowest BCUT2D eigenvalue weighted by atomic mass is 10.1. The lowest BCUT2D eigenvalue weighted by Crippen LogP contribution is -2.28. The number of amides is 3.